The number of rotatable bonds is 10. The molecular formula is C17H20NO5PS2. The van der Waals surface area contributed by atoms with Crippen LogP contribution in [0.4, 0.5) is 5.69 Å². The minimum atomic E-state index is -3.24. The molecule has 0 heterocycles. The molecule has 0 aliphatic rings. The van der Waals surface area contributed by atoms with E-state index < -0.39 is 11.7 Å². The minimum absolute atomic E-state index is 0.0645. The zero-order chi connectivity index (χ0) is 19.0. The van der Waals surface area contributed by atoms with Crippen LogP contribution >= 0.6 is 29.9 Å². The average Bonchev–Trinajstić information content (AvgIpc) is 2.62. The lowest BCUT2D eigenvalue weighted by atomic mass is 10.3. The van der Waals surface area contributed by atoms with Gasteiger partial charge in [0, 0.05) is 16.7 Å². The van der Waals surface area contributed by atoms with Gasteiger partial charge < -0.3 is 4.52 Å². The summed E-state index contributed by atoms with van der Waals surface area (Å²) in [5.74, 6) is 1.13. The molecule has 1 unspecified atom stereocenters. The van der Waals surface area contributed by atoms with E-state index in [0.717, 1.165) is 11.3 Å². The summed E-state index contributed by atoms with van der Waals surface area (Å²) in [5.41, 5.74) is 0.0645. The van der Waals surface area contributed by atoms with Crippen molar-refractivity contribution in [1.82, 2.24) is 0 Å². The summed E-state index contributed by atoms with van der Waals surface area (Å²) in [6, 6.07) is 13.5. The quantitative estimate of drug-likeness (QED) is 0.253. The lowest BCUT2D eigenvalue weighted by Crippen LogP contribution is -1.96. The van der Waals surface area contributed by atoms with Gasteiger partial charge in [0.1, 0.15) is 5.75 Å². The second-order valence-electron chi connectivity index (χ2n) is 5.09. The number of para-hydroxylation sites is 1. The Balaban J connectivity index is 2.11. The van der Waals surface area contributed by atoms with Gasteiger partial charge in [-0.05, 0) is 55.1 Å². The number of benzene rings is 2. The molecule has 0 N–H and O–H groups in total. The fraction of sp³-hybridized carbons (Fsp3) is 0.294. The summed E-state index contributed by atoms with van der Waals surface area (Å²) in [6.07, 6.45) is 0.872. The number of hydrogen-bond acceptors (Lipinski definition) is 7. The molecule has 0 spiro atoms. The van der Waals surface area contributed by atoms with E-state index in [1.807, 2.05) is 6.92 Å². The summed E-state index contributed by atoms with van der Waals surface area (Å²) in [6.45, 7) is 0.836. The lowest BCUT2D eigenvalue weighted by molar-refractivity contribution is -0.387. The van der Waals surface area contributed by atoms with Gasteiger partial charge in [-0.25, -0.2) is 4.57 Å². The van der Waals surface area contributed by atoms with E-state index in [4.69, 9.17) is 9.05 Å². The Bertz CT molecular complexity index is 785. The summed E-state index contributed by atoms with van der Waals surface area (Å²) in [4.78, 5) is 12.1. The van der Waals surface area contributed by atoms with Crippen LogP contribution in [0.3, 0.4) is 0 Å². The van der Waals surface area contributed by atoms with Gasteiger partial charge in [0.25, 0.3) is 5.69 Å². The molecule has 9 heteroatoms. The fourth-order valence-corrected chi connectivity index (χ4v) is 6.35. The van der Waals surface area contributed by atoms with Crippen LogP contribution in [0.15, 0.2) is 58.3 Å². The summed E-state index contributed by atoms with van der Waals surface area (Å²) in [7, 11) is 0. The van der Waals surface area contributed by atoms with Gasteiger partial charge >= 0.3 is 6.80 Å². The highest BCUT2D eigenvalue weighted by molar-refractivity contribution is 8.55. The highest BCUT2D eigenvalue weighted by Crippen LogP contribution is 2.60. The largest absolute Gasteiger partial charge is 0.440 e. The monoisotopic (exact) mass is 413 g/mol. The van der Waals surface area contributed by atoms with Gasteiger partial charge in [-0.3, -0.25) is 14.6 Å². The molecule has 1 atom stereocenters. The molecule has 2 aromatic rings. The average molecular weight is 413 g/mol. The van der Waals surface area contributed by atoms with Gasteiger partial charge in [0.2, 0.25) is 0 Å². The molecule has 0 saturated carbocycles. The number of nitrogens with zero attached hydrogens (tertiary/aromatic N) is 1. The molecule has 0 radical (unpaired) electrons. The van der Waals surface area contributed by atoms with E-state index in [1.54, 1.807) is 49.4 Å². The number of hydrogen-bond donors (Lipinski definition) is 0. The van der Waals surface area contributed by atoms with Gasteiger partial charge in [0.15, 0.2) is 0 Å². The van der Waals surface area contributed by atoms with E-state index in [-0.39, 0.29) is 5.69 Å². The molecular weight excluding hydrogens is 393 g/mol. The highest BCUT2D eigenvalue weighted by atomic mass is 32.7. The number of nitro groups is 1. The second kappa shape index (κ2) is 10.0. The molecule has 6 nitrogen and oxygen atoms in total. The third kappa shape index (κ3) is 6.06. The molecule has 2 rings (SSSR count). The van der Waals surface area contributed by atoms with Gasteiger partial charge in [0.05, 0.1) is 16.4 Å². The zero-order valence-electron chi connectivity index (χ0n) is 14.5. The molecule has 0 aliphatic carbocycles. The standard InChI is InChI=1S/C17H20NO5PS2/c1-3-13-25-24(21,22-4-2)23-14-9-11-15(12-10-14)26-17-8-6-5-7-16(17)18(19)20/h5-12H,3-4,13H2,1-2H3. The van der Waals surface area contributed by atoms with Crippen molar-refractivity contribution in [2.45, 2.75) is 30.1 Å². The van der Waals surface area contributed by atoms with Gasteiger partial charge in [-0.1, -0.05) is 30.8 Å². The predicted molar refractivity (Wildman–Crippen MR) is 106 cm³/mol. The van der Waals surface area contributed by atoms with Crippen molar-refractivity contribution in [3.63, 3.8) is 0 Å². The van der Waals surface area contributed by atoms with Crippen LogP contribution < -0.4 is 4.52 Å². The van der Waals surface area contributed by atoms with Crippen LogP contribution in [0.1, 0.15) is 20.3 Å². The Morgan fingerprint density at radius 2 is 1.81 bits per heavy atom. The molecule has 0 aromatic heterocycles. The first-order chi connectivity index (χ1) is 12.5. The van der Waals surface area contributed by atoms with Crippen molar-refractivity contribution < 1.29 is 18.5 Å². The van der Waals surface area contributed by atoms with Crippen molar-refractivity contribution in [3.8, 4) is 5.75 Å². The SMILES string of the molecule is CCCSP(=O)(OCC)Oc1ccc(Sc2ccccc2[N+](=O)[O-])cc1. The van der Waals surface area contributed by atoms with Gasteiger partial charge in [-0.15, -0.1) is 0 Å². The third-order valence-electron chi connectivity index (χ3n) is 3.07. The van der Waals surface area contributed by atoms with E-state index in [0.29, 0.717) is 23.0 Å². The van der Waals surface area contributed by atoms with E-state index >= 15 is 0 Å². The van der Waals surface area contributed by atoms with Crippen molar-refractivity contribution in [1.29, 1.82) is 0 Å². The van der Waals surface area contributed by atoms with E-state index in [2.05, 4.69) is 0 Å². The molecule has 26 heavy (non-hydrogen) atoms. The molecule has 2 aromatic carbocycles. The van der Waals surface area contributed by atoms with Crippen LogP contribution in [-0.4, -0.2) is 17.3 Å². The Morgan fingerprint density at radius 1 is 1.12 bits per heavy atom. The van der Waals surface area contributed by atoms with Crippen LogP contribution in [0.5, 0.6) is 5.75 Å². The van der Waals surface area contributed by atoms with E-state index in [9.17, 15) is 14.7 Å². The predicted octanol–water partition coefficient (Wildman–Crippen LogP) is 6.41. The zero-order valence-corrected chi connectivity index (χ0v) is 17.0. The first kappa shape index (κ1) is 20.8. The molecule has 140 valence electrons. The van der Waals surface area contributed by atoms with Crippen molar-refractivity contribution in [2.24, 2.45) is 0 Å². The van der Waals surface area contributed by atoms with Crippen molar-refractivity contribution in [2.75, 3.05) is 12.4 Å². The normalized spacial score (nSPS) is 13.2. The second-order valence-corrected chi connectivity index (χ2v) is 10.3. The minimum Gasteiger partial charge on any atom is -0.417 e. The van der Waals surface area contributed by atoms with Crippen LogP contribution in [0.2, 0.25) is 0 Å². The Kier molecular flexibility index (Phi) is 8.03. The molecule has 0 bridgehead atoms. The van der Waals surface area contributed by atoms with Gasteiger partial charge in [-0.2, -0.15) is 0 Å². The van der Waals surface area contributed by atoms with Crippen LogP contribution in [0, 0.1) is 10.1 Å². The summed E-state index contributed by atoms with van der Waals surface area (Å²) < 4.78 is 23.6. The van der Waals surface area contributed by atoms with Crippen molar-refractivity contribution >= 4 is 35.6 Å². The maximum atomic E-state index is 12.7. The Labute approximate surface area is 161 Å². The lowest BCUT2D eigenvalue weighted by Gasteiger charge is -2.17. The molecule has 0 aliphatic heterocycles. The van der Waals surface area contributed by atoms with Crippen LogP contribution in [-0.2, 0) is 9.09 Å². The summed E-state index contributed by atoms with van der Waals surface area (Å²) in [5, 5.41) is 11.1. The molecule has 0 amide bonds. The molecule has 0 saturated heterocycles. The fourth-order valence-electron chi connectivity index (χ4n) is 1.97. The first-order valence-corrected chi connectivity index (χ1v) is 12.0. The topological polar surface area (TPSA) is 78.7 Å². The maximum Gasteiger partial charge on any atom is 0.440 e. The Hall–Kier alpha value is -1.47. The Morgan fingerprint density at radius 3 is 2.42 bits per heavy atom. The maximum absolute atomic E-state index is 12.7. The molecule has 0 fully saturated rings. The highest BCUT2D eigenvalue weighted by Gasteiger charge is 2.26. The summed E-state index contributed by atoms with van der Waals surface area (Å²) >= 11 is 2.48. The van der Waals surface area contributed by atoms with Crippen molar-refractivity contribution in [3.05, 3.63) is 58.6 Å². The smallest absolute Gasteiger partial charge is 0.417 e. The number of nitro benzene ring substituents is 1. The van der Waals surface area contributed by atoms with Crippen LogP contribution in [0.25, 0.3) is 0 Å². The third-order valence-corrected chi connectivity index (χ3v) is 8.10. The first-order valence-electron chi connectivity index (χ1n) is 8.07. The van der Waals surface area contributed by atoms with E-state index in [1.165, 1.54) is 29.2 Å².